The summed E-state index contributed by atoms with van der Waals surface area (Å²) in [7, 11) is 0. The Morgan fingerprint density at radius 1 is 1.36 bits per heavy atom. The Morgan fingerprint density at radius 2 is 1.91 bits per heavy atom. The van der Waals surface area contributed by atoms with Gasteiger partial charge in [0.05, 0.1) is 6.10 Å². The highest BCUT2D eigenvalue weighted by Gasteiger charge is 1.90. The standard InChI is InChI=1S/C9H17NO/c1-4-10(5-2)8-6-7-9(3)11/h9,11H,4-5,7H2,1-3H3. The zero-order valence-corrected chi connectivity index (χ0v) is 7.59. The molecule has 0 radical (unpaired) electrons. The maximum Gasteiger partial charge on any atom is 0.0621 e. The van der Waals surface area contributed by atoms with E-state index in [0.29, 0.717) is 6.42 Å². The molecule has 0 fully saturated rings. The van der Waals surface area contributed by atoms with E-state index in [1.54, 1.807) is 6.92 Å². The molecular formula is C9H17NO. The number of hydrogen-bond acceptors (Lipinski definition) is 2. The molecule has 0 aromatic heterocycles. The van der Waals surface area contributed by atoms with Crippen LogP contribution in [0.3, 0.4) is 0 Å². The van der Waals surface area contributed by atoms with Crippen molar-refractivity contribution in [3.8, 4) is 12.0 Å². The molecule has 0 aromatic carbocycles. The second-order valence-electron chi connectivity index (χ2n) is 2.51. The van der Waals surface area contributed by atoms with E-state index >= 15 is 0 Å². The number of rotatable bonds is 3. The Hall–Kier alpha value is -0.680. The molecule has 0 aromatic rings. The van der Waals surface area contributed by atoms with E-state index in [9.17, 15) is 0 Å². The first-order valence-electron chi connectivity index (χ1n) is 4.12. The van der Waals surface area contributed by atoms with Gasteiger partial charge in [-0.2, -0.15) is 0 Å². The zero-order chi connectivity index (χ0) is 8.69. The van der Waals surface area contributed by atoms with Crippen molar-refractivity contribution in [1.82, 2.24) is 4.90 Å². The number of aliphatic hydroxyl groups is 1. The molecular weight excluding hydrogens is 138 g/mol. The van der Waals surface area contributed by atoms with Crippen molar-refractivity contribution in [1.29, 1.82) is 0 Å². The van der Waals surface area contributed by atoms with Crippen LogP contribution >= 0.6 is 0 Å². The highest BCUT2D eigenvalue weighted by Crippen LogP contribution is 1.87. The SMILES string of the molecule is CCN(C#CCC(C)O)CC. The summed E-state index contributed by atoms with van der Waals surface area (Å²) >= 11 is 0. The van der Waals surface area contributed by atoms with Crippen molar-refractivity contribution in [3.63, 3.8) is 0 Å². The Labute approximate surface area is 69.2 Å². The molecule has 1 atom stereocenters. The molecule has 2 heteroatoms. The van der Waals surface area contributed by atoms with Crippen LogP contribution in [0.1, 0.15) is 27.2 Å². The fourth-order valence-corrected chi connectivity index (χ4v) is 0.687. The van der Waals surface area contributed by atoms with Crippen molar-refractivity contribution in [2.75, 3.05) is 13.1 Å². The summed E-state index contributed by atoms with van der Waals surface area (Å²) in [6, 6.07) is 2.97. The first-order chi connectivity index (χ1) is 5.20. The van der Waals surface area contributed by atoms with Crippen LogP contribution in [0.4, 0.5) is 0 Å². The third-order valence-electron chi connectivity index (χ3n) is 1.40. The van der Waals surface area contributed by atoms with Gasteiger partial charge in [0.1, 0.15) is 0 Å². The van der Waals surface area contributed by atoms with Gasteiger partial charge in [-0.25, -0.2) is 0 Å². The van der Waals surface area contributed by atoms with Gasteiger partial charge >= 0.3 is 0 Å². The van der Waals surface area contributed by atoms with Gasteiger partial charge in [-0.15, -0.1) is 0 Å². The molecule has 0 bridgehead atoms. The zero-order valence-electron chi connectivity index (χ0n) is 7.59. The predicted octanol–water partition coefficient (Wildman–Crippen LogP) is 1.06. The fourth-order valence-electron chi connectivity index (χ4n) is 0.687. The molecule has 0 heterocycles. The molecule has 64 valence electrons. The molecule has 0 aliphatic heterocycles. The van der Waals surface area contributed by atoms with E-state index < -0.39 is 0 Å². The van der Waals surface area contributed by atoms with Gasteiger partial charge in [-0.3, -0.25) is 0 Å². The minimum Gasteiger partial charge on any atom is -0.392 e. The quantitative estimate of drug-likeness (QED) is 0.486. The Kier molecular flexibility index (Phi) is 5.68. The van der Waals surface area contributed by atoms with Crippen LogP contribution in [0.5, 0.6) is 0 Å². The van der Waals surface area contributed by atoms with Gasteiger partial charge in [0, 0.05) is 25.6 Å². The maximum atomic E-state index is 8.89. The summed E-state index contributed by atoms with van der Waals surface area (Å²) in [5.41, 5.74) is 0. The molecule has 11 heavy (non-hydrogen) atoms. The van der Waals surface area contributed by atoms with E-state index in [1.807, 2.05) is 4.90 Å². The van der Waals surface area contributed by atoms with Crippen LogP contribution < -0.4 is 0 Å². The lowest BCUT2D eigenvalue weighted by atomic mass is 10.3. The van der Waals surface area contributed by atoms with Gasteiger partial charge in [0.25, 0.3) is 0 Å². The highest BCUT2D eigenvalue weighted by molar-refractivity contribution is 4.98. The summed E-state index contributed by atoms with van der Waals surface area (Å²) in [6.07, 6.45) is 0.259. The molecule has 1 unspecified atom stereocenters. The average molecular weight is 155 g/mol. The smallest absolute Gasteiger partial charge is 0.0621 e. The van der Waals surface area contributed by atoms with Gasteiger partial charge in [-0.1, -0.05) is 5.92 Å². The molecule has 1 N–H and O–H groups in total. The third-order valence-corrected chi connectivity index (χ3v) is 1.40. The normalized spacial score (nSPS) is 11.6. The summed E-state index contributed by atoms with van der Waals surface area (Å²) in [5.74, 6) is 2.91. The van der Waals surface area contributed by atoms with Crippen LogP contribution in [0.15, 0.2) is 0 Å². The maximum absolute atomic E-state index is 8.89. The molecule has 2 nitrogen and oxygen atoms in total. The Balaban J connectivity index is 3.65. The first-order valence-corrected chi connectivity index (χ1v) is 4.12. The molecule has 0 rings (SSSR count). The van der Waals surface area contributed by atoms with Crippen LogP contribution in [0.2, 0.25) is 0 Å². The number of nitrogens with zero attached hydrogens (tertiary/aromatic N) is 1. The minimum atomic E-state index is -0.307. The van der Waals surface area contributed by atoms with Gasteiger partial charge in [0.2, 0.25) is 0 Å². The summed E-state index contributed by atoms with van der Waals surface area (Å²) in [4.78, 5) is 2.02. The predicted molar refractivity (Wildman–Crippen MR) is 47.0 cm³/mol. The second-order valence-corrected chi connectivity index (χ2v) is 2.51. The van der Waals surface area contributed by atoms with E-state index in [4.69, 9.17) is 5.11 Å². The van der Waals surface area contributed by atoms with E-state index in [2.05, 4.69) is 25.8 Å². The van der Waals surface area contributed by atoms with Crippen LogP contribution in [-0.2, 0) is 0 Å². The monoisotopic (exact) mass is 155 g/mol. The molecule has 0 saturated heterocycles. The lowest BCUT2D eigenvalue weighted by Gasteiger charge is -2.10. The topological polar surface area (TPSA) is 23.5 Å². The summed E-state index contributed by atoms with van der Waals surface area (Å²) in [6.45, 7) is 7.78. The van der Waals surface area contributed by atoms with E-state index in [-0.39, 0.29) is 6.10 Å². The summed E-state index contributed by atoms with van der Waals surface area (Å²) < 4.78 is 0. The Morgan fingerprint density at radius 3 is 2.27 bits per heavy atom. The van der Waals surface area contributed by atoms with Gasteiger partial charge in [-0.05, 0) is 20.8 Å². The minimum absolute atomic E-state index is 0.307. The van der Waals surface area contributed by atoms with Gasteiger partial charge < -0.3 is 10.0 Å². The number of hydrogen-bond donors (Lipinski definition) is 1. The fraction of sp³-hybridized carbons (Fsp3) is 0.778. The van der Waals surface area contributed by atoms with E-state index in [1.165, 1.54) is 0 Å². The van der Waals surface area contributed by atoms with Crippen molar-refractivity contribution >= 4 is 0 Å². The summed E-state index contributed by atoms with van der Waals surface area (Å²) in [5, 5.41) is 8.89. The molecule has 0 amide bonds. The first kappa shape index (κ1) is 10.3. The van der Waals surface area contributed by atoms with Crippen LogP contribution in [0.25, 0.3) is 0 Å². The Bertz CT molecular complexity index is 139. The van der Waals surface area contributed by atoms with Gasteiger partial charge in [0.15, 0.2) is 0 Å². The lowest BCUT2D eigenvalue weighted by molar-refractivity contribution is 0.200. The second kappa shape index (κ2) is 6.06. The molecule has 0 saturated carbocycles. The van der Waals surface area contributed by atoms with Crippen molar-refractivity contribution < 1.29 is 5.11 Å². The van der Waals surface area contributed by atoms with E-state index in [0.717, 1.165) is 13.1 Å². The highest BCUT2D eigenvalue weighted by atomic mass is 16.3. The van der Waals surface area contributed by atoms with Crippen molar-refractivity contribution in [2.24, 2.45) is 0 Å². The molecule has 0 aliphatic rings. The number of aliphatic hydroxyl groups excluding tert-OH is 1. The average Bonchev–Trinajstić information content (AvgIpc) is 1.98. The lowest BCUT2D eigenvalue weighted by Crippen LogP contribution is -2.16. The van der Waals surface area contributed by atoms with Crippen molar-refractivity contribution in [3.05, 3.63) is 0 Å². The largest absolute Gasteiger partial charge is 0.392 e. The van der Waals surface area contributed by atoms with Crippen LogP contribution in [0, 0.1) is 12.0 Å². The van der Waals surface area contributed by atoms with Crippen molar-refractivity contribution in [2.45, 2.75) is 33.3 Å². The third kappa shape index (κ3) is 5.75. The molecule has 0 spiro atoms. The molecule has 0 aliphatic carbocycles. The van der Waals surface area contributed by atoms with Crippen LogP contribution in [-0.4, -0.2) is 29.2 Å².